The molecule has 1 aromatic carbocycles. The lowest BCUT2D eigenvalue weighted by molar-refractivity contribution is -0.137. The molecule has 0 atom stereocenters. The van der Waals surface area contributed by atoms with Crippen molar-refractivity contribution in [2.24, 2.45) is 0 Å². The van der Waals surface area contributed by atoms with Gasteiger partial charge in [-0.2, -0.15) is 13.2 Å². The highest BCUT2D eigenvalue weighted by Crippen LogP contribution is 2.35. The van der Waals surface area contributed by atoms with Gasteiger partial charge in [-0.3, -0.25) is 0 Å². The smallest absolute Gasteiger partial charge is 0.416 e. The predicted octanol–water partition coefficient (Wildman–Crippen LogP) is 3.15. The maximum absolute atomic E-state index is 12.5. The van der Waals surface area contributed by atoms with E-state index in [1.807, 2.05) is 0 Å². The van der Waals surface area contributed by atoms with Crippen molar-refractivity contribution >= 4 is 6.09 Å². The second kappa shape index (κ2) is 6.16. The number of hydrogen-bond donors (Lipinski definition) is 1. The van der Waals surface area contributed by atoms with Crippen LogP contribution >= 0.6 is 0 Å². The van der Waals surface area contributed by atoms with Gasteiger partial charge in [0.15, 0.2) is 0 Å². The largest absolute Gasteiger partial charge is 0.450 e. The van der Waals surface area contributed by atoms with Crippen LogP contribution in [0.5, 0.6) is 0 Å². The average molecular weight is 317 g/mol. The van der Waals surface area contributed by atoms with Crippen LogP contribution in [-0.4, -0.2) is 35.8 Å². The van der Waals surface area contributed by atoms with Crippen molar-refractivity contribution in [1.29, 1.82) is 0 Å². The summed E-state index contributed by atoms with van der Waals surface area (Å²) in [6.45, 7) is 2.59. The normalized spacial score (nSPS) is 18.1. The van der Waals surface area contributed by atoms with E-state index in [0.717, 1.165) is 12.1 Å². The summed E-state index contributed by atoms with van der Waals surface area (Å²) in [5.74, 6) is 0. The minimum absolute atomic E-state index is 0.261. The summed E-state index contributed by atoms with van der Waals surface area (Å²) in [4.78, 5) is 13.1. The number of hydrogen-bond acceptors (Lipinski definition) is 3. The Morgan fingerprint density at radius 1 is 1.27 bits per heavy atom. The number of carbonyl (C=O) groups is 1. The van der Waals surface area contributed by atoms with E-state index >= 15 is 0 Å². The van der Waals surface area contributed by atoms with Crippen molar-refractivity contribution < 1.29 is 27.8 Å². The maximum atomic E-state index is 12.5. The molecule has 1 heterocycles. The van der Waals surface area contributed by atoms with Gasteiger partial charge in [-0.25, -0.2) is 4.79 Å². The molecule has 1 N–H and O–H groups in total. The van der Waals surface area contributed by atoms with Gasteiger partial charge in [0.05, 0.1) is 17.8 Å². The van der Waals surface area contributed by atoms with E-state index in [1.54, 1.807) is 6.92 Å². The number of rotatable bonds is 2. The number of likely N-dealkylation sites (tertiary alicyclic amines) is 1. The lowest BCUT2D eigenvalue weighted by Gasteiger charge is -2.38. The third-order valence-electron chi connectivity index (χ3n) is 3.87. The van der Waals surface area contributed by atoms with E-state index in [4.69, 9.17) is 4.74 Å². The standard InChI is InChI=1S/C15H18F3NO3/c1-2-22-13(20)19-9-7-14(21,8-10-19)11-3-5-12(6-4-11)15(16,17)18/h3-6,21H,2,7-10H2,1H3. The van der Waals surface area contributed by atoms with Crippen molar-refractivity contribution in [3.63, 3.8) is 0 Å². The fraction of sp³-hybridized carbons (Fsp3) is 0.533. The van der Waals surface area contributed by atoms with Gasteiger partial charge in [0.2, 0.25) is 0 Å². The van der Waals surface area contributed by atoms with Gasteiger partial charge < -0.3 is 14.7 Å². The summed E-state index contributed by atoms with van der Waals surface area (Å²) in [6, 6.07) is 4.52. The lowest BCUT2D eigenvalue weighted by Crippen LogP contribution is -2.45. The zero-order valence-electron chi connectivity index (χ0n) is 12.2. The van der Waals surface area contributed by atoms with E-state index in [-0.39, 0.29) is 19.4 Å². The Labute approximate surface area is 126 Å². The summed E-state index contributed by atoms with van der Waals surface area (Å²) in [5, 5.41) is 10.6. The highest BCUT2D eigenvalue weighted by atomic mass is 19.4. The molecule has 1 amide bonds. The number of carbonyl (C=O) groups excluding carboxylic acids is 1. The maximum Gasteiger partial charge on any atom is 0.416 e. The van der Waals surface area contributed by atoms with Crippen LogP contribution in [0.15, 0.2) is 24.3 Å². The van der Waals surface area contributed by atoms with Crippen LogP contribution < -0.4 is 0 Å². The minimum atomic E-state index is -4.39. The molecule has 22 heavy (non-hydrogen) atoms. The molecule has 4 nitrogen and oxygen atoms in total. The molecule has 1 aliphatic rings. The quantitative estimate of drug-likeness (QED) is 0.911. The van der Waals surface area contributed by atoms with Crippen molar-refractivity contribution in [2.45, 2.75) is 31.5 Å². The van der Waals surface area contributed by atoms with Gasteiger partial charge in [-0.15, -0.1) is 0 Å². The summed E-state index contributed by atoms with van der Waals surface area (Å²) >= 11 is 0. The number of nitrogens with zero attached hydrogens (tertiary/aromatic N) is 1. The van der Waals surface area contributed by atoms with Crippen LogP contribution in [-0.2, 0) is 16.5 Å². The molecule has 1 aromatic rings. The Bertz CT molecular complexity index is 520. The first kappa shape index (κ1) is 16.6. The molecule has 2 rings (SSSR count). The van der Waals surface area contributed by atoms with E-state index in [0.29, 0.717) is 18.7 Å². The van der Waals surface area contributed by atoms with E-state index in [2.05, 4.69) is 0 Å². The number of benzene rings is 1. The molecule has 0 spiro atoms. The molecular formula is C15H18F3NO3. The first-order valence-corrected chi connectivity index (χ1v) is 7.08. The van der Waals surface area contributed by atoms with Crippen molar-refractivity contribution in [1.82, 2.24) is 4.90 Å². The number of ether oxygens (including phenoxy) is 1. The molecule has 0 saturated carbocycles. The first-order chi connectivity index (χ1) is 10.3. The zero-order valence-corrected chi connectivity index (χ0v) is 12.2. The third kappa shape index (κ3) is 3.52. The molecule has 0 bridgehead atoms. The molecule has 0 unspecified atom stereocenters. The van der Waals surface area contributed by atoms with Gasteiger partial charge >= 0.3 is 12.3 Å². The predicted molar refractivity (Wildman–Crippen MR) is 73.2 cm³/mol. The topological polar surface area (TPSA) is 49.8 Å². The summed E-state index contributed by atoms with van der Waals surface area (Å²) in [7, 11) is 0. The van der Waals surface area contributed by atoms with Crippen molar-refractivity contribution in [3.05, 3.63) is 35.4 Å². The van der Waals surface area contributed by atoms with Gasteiger partial charge in [0.25, 0.3) is 0 Å². The van der Waals surface area contributed by atoms with Crippen LogP contribution in [0.3, 0.4) is 0 Å². The number of alkyl halides is 3. The Morgan fingerprint density at radius 2 is 1.82 bits per heavy atom. The number of aliphatic hydroxyl groups is 1. The van der Waals surface area contributed by atoms with Crippen LogP contribution in [0, 0.1) is 0 Å². The lowest BCUT2D eigenvalue weighted by atomic mass is 9.84. The highest BCUT2D eigenvalue weighted by Gasteiger charge is 2.37. The Hall–Kier alpha value is -1.76. The molecule has 1 aliphatic heterocycles. The fourth-order valence-electron chi connectivity index (χ4n) is 2.53. The second-order valence-corrected chi connectivity index (χ2v) is 5.29. The molecule has 1 saturated heterocycles. The van der Waals surface area contributed by atoms with Crippen LogP contribution in [0.25, 0.3) is 0 Å². The monoisotopic (exact) mass is 317 g/mol. The van der Waals surface area contributed by atoms with E-state index < -0.39 is 23.4 Å². The van der Waals surface area contributed by atoms with Gasteiger partial charge in [-0.05, 0) is 37.5 Å². The first-order valence-electron chi connectivity index (χ1n) is 7.08. The average Bonchev–Trinajstić information content (AvgIpc) is 2.47. The molecule has 0 radical (unpaired) electrons. The molecular weight excluding hydrogens is 299 g/mol. The van der Waals surface area contributed by atoms with Crippen molar-refractivity contribution in [2.75, 3.05) is 19.7 Å². The van der Waals surface area contributed by atoms with Crippen LogP contribution in [0.1, 0.15) is 30.9 Å². The fourth-order valence-corrected chi connectivity index (χ4v) is 2.53. The van der Waals surface area contributed by atoms with Gasteiger partial charge in [-0.1, -0.05) is 12.1 Å². The molecule has 122 valence electrons. The Balaban J connectivity index is 2.05. The molecule has 0 aromatic heterocycles. The minimum Gasteiger partial charge on any atom is -0.450 e. The van der Waals surface area contributed by atoms with E-state index in [1.165, 1.54) is 17.0 Å². The summed E-state index contributed by atoms with van der Waals surface area (Å²) < 4.78 is 42.5. The number of amides is 1. The summed E-state index contributed by atoms with van der Waals surface area (Å²) in [6.07, 6.45) is -4.31. The second-order valence-electron chi connectivity index (χ2n) is 5.29. The SMILES string of the molecule is CCOC(=O)N1CCC(O)(c2ccc(C(F)(F)F)cc2)CC1. The number of halogens is 3. The van der Waals surface area contributed by atoms with Gasteiger partial charge in [0.1, 0.15) is 0 Å². The molecule has 1 fully saturated rings. The van der Waals surface area contributed by atoms with Gasteiger partial charge in [0, 0.05) is 13.1 Å². The van der Waals surface area contributed by atoms with Crippen molar-refractivity contribution in [3.8, 4) is 0 Å². The number of piperidine rings is 1. The molecule has 0 aliphatic carbocycles. The highest BCUT2D eigenvalue weighted by molar-refractivity contribution is 5.67. The molecule has 7 heteroatoms. The summed E-state index contributed by atoms with van der Waals surface area (Å²) in [5.41, 5.74) is -1.53. The van der Waals surface area contributed by atoms with Crippen LogP contribution in [0.4, 0.5) is 18.0 Å². The third-order valence-corrected chi connectivity index (χ3v) is 3.87. The van der Waals surface area contributed by atoms with Crippen LogP contribution in [0.2, 0.25) is 0 Å². The Morgan fingerprint density at radius 3 is 2.27 bits per heavy atom. The zero-order chi connectivity index (χ0) is 16.4. The Kier molecular flexibility index (Phi) is 4.65. The van der Waals surface area contributed by atoms with E-state index in [9.17, 15) is 23.1 Å².